The second-order valence-electron chi connectivity index (χ2n) is 5.62. The Morgan fingerprint density at radius 3 is 2.50 bits per heavy atom. The number of fused-ring (bicyclic) bond motifs is 1. The van der Waals surface area contributed by atoms with Crippen molar-refractivity contribution in [2.24, 2.45) is 0 Å². The van der Waals surface area contributed by atoms with Crippen LogP contribution >= 0.6 is 0 Å². The minimum absolute atomic E-state index is 0.186. The molecule has 22 heavy (non-hydrogen) atoms. The lowest BCUT2D eigenvalue weighted by Gasteiger charge is -2.04. The predicted molar refractivity (Wildman–Crippen MR) is 83.1 cm³/mol. The summed E-state index contributed by atoms with van der Waals surface area (Å²) < 4.78 is 27.1. The van der Waals surface area contributed by atoms with Crippen molar-refractivity contribution >= 4 is 17.2 Å². The molecule has 1 heterocycles. The molecule has 0 radical (unpaired) electrons. The van der Waals surface area contributed by atoms with Gasteiger partial charge in [-0.25, -0.2) is 8.78 Å². The van der Waals surface area contributed by atoms with Crippen LogP contribution in [0, 0.1) is 11.6 Å². The summed E-state index contributed by atoms with van der Waals surface area (Å²) in [6.45, 7) is 4.13. The summed E-state index contributed by atoms with van der Waals surface area (Å²) in [6.07, 6.45) is 0.709. The maximum atomic E-state index is 14.0. The predicted octanol–water partition coefficient (Wildman–Crippen LogP) is 5.05. The molecule has 0 saturated carbocycles. The van der Waals surface area contributed by atoms with Crippen molar-refractivity contribution in [1.82, 2.24) is 4.98 Å². The van der Waals surface area contributed by atoms with Gasteiger partial charge in [-0.2, -0.15) is 0 Å². The molecule has 3 aromatic rings. The fourth-order valence-corrected chi connectivity index (χ4v) is 2.62. The second kappa shape index (κ2) is 5.37. The number of benzene rings is 2. The highest BCUT2D eigenvalue weighted by atomic mass is 19.1. The molecular weight excluding hydrogens is 284 g/mol. The van der Waals surface area contributed by atoms with Crippen molar-refractivity contribution in [3.63, 3.8) is 0 Å². The molecule has 0 spiro atoms. The number of carbonyl (C=O) groups is 1. The Morgan fingerprint density at radius 2 is 1.86 bits per heavy atom. The van der Waals surface area contributed by atoms with Crippen LogP contribution in [0.25, 0.3) is 22.2 Å². The van der Waals surface area contributed by atoms with Crippen LogP contribution in [-0.4, -0.2) is 11.3 Å². The topological polar surface area (TPSA) is 32.9 Å². The fourth-order valence-electron chi connectivity index (χ4n) is 2.62. The van der Waals surface area contributed by atoms with Gasteiger partial charge in [0.1, 0.15) is 11.6 Å². The molecule has 0 fully saturated rings. The SMILES string of the molecule is CC(C)c1ccc2[nH]c(-c3ccc(F)cc3F)c(C=O)c2c1. The van der Waals surface area contributed by atoms with Gasteiger partial charge in [0, 0.05) is 28.1 Å². The number of rotatable bonds is 3. The third-order valence-electron chi connectivity index (χ3n) is 3.85. The van der Waals surface area contributed by atoms with Gasteiger partial charge in [0.15, 0.2) is 6.29 Å². The zero-order chi connectivity index (χ0) is 15.9. The summed E-state index contributed by atoms with van der Waals surface area (Å²) in [4.78, 5) is 14.6. The summed E-state index contributed by atoms with van der Waals surface area (Å²) in [5.74, 6) is -1.02. The molecule has 3 rings (SSSR count). The molecular formula is C18H15F2NO. The first kappa shape index (κ1) is 14.4. The summed E-state index contributed by atoms with van der Waals surface area (Å²) in [5, 5.41) is 0.750. The van der Waals surface area contributed by atoms with E-state index < -0.39 is 11.6 Å². The minimum Gasteiger partial charge on any atom is -0.354 e. The molecule has 0 unspecified atom stereocenters. The Balaban J connectivity index is 2.28. The van der Waals surface area contributed by atoms with E-state index in [1.807, 2.05) is 18.2 Å². The van der Waals surface area contributed by atoms with Crippen LogP contribution in [0.1, 0.15) is 35.7 Å². The summed E-state index contributed by atoms with van der Waals surface area (Å²) in [5.41, 5.74) is 2.81. The maximum absolute atomic E-state index is 14.0. The summed E-state index contributed by atoms with van der Waals surface area (Å²) in [7, 11) is 0. The van der Waals surface area contributed by atoms with E-state index in [4.69, 9.17) is 0 Å². The van der Waals surface area contributed by atoms with E-state index >= 15 is 0 Å². The van der Waals surface area contributed by atoms with Crippen LogP contribution in [0.3, 0.4) is 0 Å². The first-order valence-corrected chi connectivity index (χ1v) is 7.07. The number of H-pyrrole nitrogens is 1. The van der Waals surface area contributed by atoms with E-state index in [2.05, 4.69) is 18.8 Å². The Kier molecular flexibility index (Phi) is 3.53. The Bertz CT molecular complexity index is 865. The molecule has 0 amide bonds. The van der Waals surface area contributed by atoms with E-state index in [9.17, 15) is 13.6 Å². The van der Waals surface area contributed by atoms with Gasteiger partial charge in [0.05, 0.1) is 5.69 Å². The van der Waals surface area contributed by atoms with Crippen molar-refractivity contribution in [3.8, 4) is 11.3 Å². The van der Waals surface area contributed by atoms with Crippen molar-refractivity contribution < 1.29 is 13.6 Å². The number of aldehydes is 1. The van der Waals surface area contributed by atoms with E-state index in [0.29, 0.717) is 23.5 Å². The van der Waals surface area contributed by atoms with Crippen LogP contribution < -0.4 is 0 Å². The lowest BCUT2D eigenvalue weighted by atomic mass is 9.99. The molecule has 0 atom stereocenters. The number of aromatic amines is 1. The fraction of sp³-hybridized carbons (Fsp3) is 0.167. The van der Waals surface area contributed by atoms with Crippen molar-refractivity contribution in [3.05, 3.63) is 59.2 Å². The molecule has 1 aromatic heterocycles. The molecule has 4 heteroatoms. The number of hydrogen-bond donors (Lipinski definition) is 1. The molecule has 0 aliphatic heterocycles. The van der Waals surface area contributed by atoms with E-state index in [1.165, 1.54) is 12.1 Å². The van der Waals surface area contributed by atoms with Crippen LogP contribution in [0.4, 0.5) is 8.78 Å². The third kappa shape index (κ3) is 2.30. The average molecular weight is 299 g/mol. The third-order valence-corrected chi connectivity index (χ3v) is 3.85. The minimum atomic E-state index is -0.696. The van der Waals surface area contributed by atoms with Gasteiger partial charge in [-0.15, -0.1) is 0 Å². The summed E-state index contributed by atoms with van der Waals surface area (Å²) in [6, 6.07) is 9.12. The zero-order valence-electron chi connectivity index (χ0n) is 12.3. The van der Waals surface area contributed by atoms with Crippen molar-refractivity contribution in [2.45, 2.75) is 19.8 Å². The standard InChI is InChI=1S/C18H15F2NO/c1-10(2)11-3-6-17-14(7-11)15(9-22)18(21-17)13-5-4-12(19)8-16(13)20/h3-10,21H,1-2H3. The van der Waals surface area contributed by atoms with Crippen LogP contribution in [0.2, 0.25) is 0 Å². The lowest BCUT2D eigenvalue weighted by molar-refractivity contribution is 0.112. The van der Waals surface area contributed by atoms with E-state index in [1.54, 1.807) is 0 Å². The van der Waals surface area contributed by atoms with Crippen LogP contribution in [0.5, 0.6) is 0 Å². The number of halogens is 2. The molecule has 1 N–H and O–H groups in total. The smallest absolute Gasteiger partial charge is 0.152 e. The molecule has 112 valence electrons. The normalized spacial score (nSPS) is 11.3. The van der Waals surface area contributed by atoms with Gasteiger partial charge >= 0.3 is 0 Å². The Hall–Kier alpha value is -2.49. The van der Waals surface area contributed by atoms with Gasteiger partial charge in [-0.3, -0.25) is 4.79 Å². The average Bonchev–Trinajstić information content (AvgIpc) is 2.84. The van der Waals surface area contributed by atoms with Gasteiger partial charge in [0.2, 0.25) is 0 Å². The first-order chi connectivity index (χ1) is 10.5. The zero-order valence-corrected chi connectivity index (χ0v) is 12.3. The van der Waals surface area contributed by atoms with Crippen molar-refractivity contribution in [1.29, 1.82) is 0 Å². The second-order valence-corrected chi connectivity index (χ2v) is 5.62. The Labute approximate surface area is 126 Å². The van der Waals surface area contributed by atoms with Gasteiger partial charge in [-0.05, 0) is 35.7 Å². The van der Waals surface area contributed by atoms with E-state index in [-0.39, 0.29) is 5.56 Å². The molecule has 0 aliphatic rings. The van der Waals surface area contributed by atoms with Crippen LogP contribution in [0.15, 0.2) is 36.4 Å². The number of nitrogens with one attached hydrogen (secondary N) is 1. The van der Waals surface area contributed by atoms with Gasteiger partial charge in [0.25, 0.3) is 0 Å². The Morgan fingerprint density at radius 1 is 1.09 bits per heavy atom. The maximum Gasteiger partial charge on any atom is 0.152 e. The number of hydrogen-bond acceptors (Lipinski definition) is 1. The highest BCUT2D eigenvalue weighted by molar-refractivity contribution is 6.04. The van der Waals surface area contributed by atoms with Gasteiger partial charge in [-0.1, -0.05) is 19.9 Å². The monoisotopic (exact) mass is 299 g/mol. The molecule has 0 saturated heterocycles. The van der Waals surface area contributed by atoms with Gasteiger partial charge < -0.3 is 4.98 Å². The number of aromatic nitrogens is 1. The highest BCUT2D eigenvalue weighted by Gasteiger charge is 2.17. The van der Waals surface area contributed by atoms with E-state index in [0.717, 1.165) is 22.5 Å². The molecule has 0 bridgehead atoms. The molecule has 2 nitrogen and oxygen atoms in total. The van der Waals surface area contributed by atoms with Crippen molar-refractivity contribution in [2.75, 3.05) is 0 Å². The number of carbonyl (C=O) groups excluding carboxylic acids is 1. The lowest BCUT2D eigenvalue weighted by Crippen LogP contribution is -1.90. The summed E-state index contributed by atoms with van der Waals surface area (Å²) >= 11 is 0. The largest absolute Gasteiger partial charge is 0.354 e. The highest BCUT2D eigenvalue weighted by Crippen LogP contribution is 2.32. The molecule has 2 aromatic carbocycles. The molecule has 0 aliphatic carbocycles. The quantitative estimate of drug-likeness (QED) is 0.674. The van der Waals surface area contributed by atoms with Crippen LogP contribution in [-0.2, 0) is 0 Å². The first-order valence-electron chi connectivity index (χ1n) is 7.07.